The highest BCUT2D eigenvalue weighted by molar-refractivity contribution is 6.12. The lowest BCUT2D eigenvalue weighted by atomic mass is 9.77. The first kappa shape index (κ1) is 18.2. The van der Waals surface area contributed by atoms with Crippen molar-refractivity contribution in [3.05, 3.63) is 71.8 Å². The van der Waals surface area contributed by atoms with Crippen molar-refractivity contribution < 1.29 is 9.47 Å². The van der Waals surface area contributed by atoms with Crippen LogP contribution in [0.3, 0.4) is 0 Å². The molecule has 27 heavy (non-hydrogen) atoms. The van der Waals surface area contributed by atoms with Crippen molar-refractivity contribution >= 4 is 5.71 Å². The molecule has 4 heteroatoms. The van der Waals surface area contributed by atoms with Gasteiger partial charge in [-0.3, -0.25) is 0 Å². The summed E-state index contributed by atoms with van der Waals surface area (Å²) in [6.45, 7) is 3.68. The van der Waals surface area contributed by atoms with Crippen molar-refractivity contribution in [2.24, 2.45) is 5.10 Å². The first-order valence-corrected chi connectivity index (χ1v) is 9.98. The number of hydrogen-bond acceptors (Lipinski definition) is 4. The van der Waals surface area contributed by atoms with Crippen LogP contribution in [0.2, 0.25) is 0 Å². The lowest BCUT2D eigenvalue weighted by Gasteiger charge is -2.43. The van der Waals surface area contributed by atoms with Gasteiger partial charge >= 0.3 is 0 Å². The van der Waals surface area contributed by atoms with E-state index in [-0.39, 0.29) is 11.3 Å². The van der Waals surface area contributed by atoms with E-state index < -0.39 is 0 Å². The molecule has 0 aromatic heterocycles. The molecular weight excluding hydrogens is 336 g/mol. The number of hydrogen-bond donors (Lipinski definition) is 1. The molecule has 1 aliphatic carbocycles. The summed E-state index contributed by atoms with van der Waals surface area (Å²) in [7, 11) is 0. The molecule has 0 bridgehead atoms. The quantitative estimate of drug-likeness (QED) is 0.628. The number of benzene rings is 2. The zero-order valence-corrected chi connectivity index (χ0v) is 16.0. The van der Waals surface area contributed by atoms with Crippen molar-refractivity contribution in [3.63, 3.8) is 0 Å². The zero-order valence-electron chi connectivity index (χ0n) is 16.0. The van der Waals surface area contributed by atoms with Gasteiger partial charge in [-0.1, -0.05) is 67.6 Å². The predicted molar refractivity (Wildman–Crippen MR) is 108 cm³/mol. The standard InChI is InChI=1S/C23H28N2O2/c1-2-22(13-15-23(16-14-22)26-17-18-27-23)25-24-21(19-9-5-3-6-10-19)20-11-7-4-8-12-20/h3-12,25H,2,13-18H2,1H3. The Kier molecular flexibility index (Phi) is 5.28. The van der Waals surface area contributed by atoms with Crippen LogP contribution in [0.25, 0.3) is 0 Å². The topological polar surface area (TPSA) is 42.9 Å². The molecule has 142 valence electrons. The molecule has 1 aliphatic heterocycles. The smallest absolute Gasteiger partial charge is 0.168 e. The fourth-order valence-corrected chi connectivity index (χ4v) is 4.10. The van der Waals surface area contributed by atoms with Crippen molar-refractivity contribution in [2.75, 3.05) is 13.2 Å². The Labute approximate surface area is 161 Å². The molecule has 4 nitrogen and oxygen atoms in total. The molecular formula is C23H28N2O2. The minimum absolute atomic E-state index is 0.00459. The summed E-state index contributed by atoms with van der Waals surface area (Å²) in [4.78, 5) is 0. The van der Waals surface area contributed by atoms with Gasteiger partial charge in [0, 0.05) is 24.0 Å². The third-order valence-corrected chi connectivity index (χ3v) is 5.96. The first-order valence-electron chi connectivity index (χ1n) is 9.98. The van der Waals surface area contributed by atoms with Gasteiger partial charge in [0.1, 0.15) is 0 Å². The minimum atomic E-state index is -0.342. The van der Waals surface area contributed by atoms with Crippen molar-refractivity contribution in [2.45, 2.75) is 50.4 Å². The average Bonchev–Trinajstić information content (AvgIpc) is 3.20. The maximum Gasteiger partial charge on any atom is 0.168 e. The number of ether oxygens (including phenoxy) is 2. The number of rotatable bonds is 5. The Bertz CT molecular complexity index is 716. The van der Waals surface area contributed by atoms with Crippen molar-refractivity contribution in [1.82, 2.24) is 5.43 Å². The molecule has 0 atom stereocenters. The van der Waals surface area contributed by atoms with Crippen LogP contribution in [-0.2, 0) is 9.47 Å². The van der Waals surface area contributed by atoms with Crippen molar-refractivity contribution in [3.8, 4) is 0 Å². The second-order valence-electron chi connectivity index (χ2n) is 7.55. The van der Waals surface area contributed by atoms with Crippen LogP contribution in [0.5, 0.6) is 0 Å². The van der Waals surface area contributed by atoms with E-state index >= 15 is 0 Å². The summed E-state index contributed by atoms with van der Waals surface area (Å²) in [5, 5.41) is 4.93. The number of hydrazone groups is 1. The molecule has 0 unspecified atom stereocenters. The van der Waals surface area contributed by atoms with E-state index in [0.29, 0.717) is 0 Å². The molecule has 0 radical (unpaired) electrons. The fourth-order valence-electron chi connectivity index (χ4n) is 4.10. The van der Waals surface area contributed by atoms with Gasteiger partial charge in [-0.2, -0.15) is 5.10 Å². The Morgan fingerprint density at radius 3 is 1.85 bits per heavy atom. The Balaban J connectivity index is 1.57. The highest BCUT2D eigenvalue weighted by Gasteiger charge is 2.45. The molecule has 2 fully saturated rings. The minimum Gasteiger partial charge on any atom is -0.348 e. The van der Waals surface area contributed by atoms with Crippen LogP contribution in [0, 0.1) is 0 Å². The molecule has 1 saturated heterocycles. The summed E-state index contributed by atoms with van der Waals surface area (Å²) in [5.41, 5.74) is 6.79. The van der Waals surface area contributed by atoms with E-state index in [2.05, 4.69) is 60.9 Å². The van der Waals surface area contributed by atoms with Crippen molar-refractivity contribution in [1.29, 1.82) is 0 Å². The monoisotopic (exact) mass is 364 g/mol. The fraction of sp³-hybridized carbons (Fsp3) is 0.435. The molecule has 2 aliphatic rings. The summed E-state index contributed by atoms with van der Waals surface area (Å²) in [6, 6.07) is 20.8. The average molecular weight is 364 g/mol. The van der Waals surface area contributed by atoms with E-state index in [4.69, 9.17) is 14.6 Å². The molecule has 2 aromatic rings. The summed E-state index contributed by atoms with van der Waals surface area (Å²) < 4.78 is 11.8. The van der Waals surface area contributed by atoms with Crippen LogP contribution in [0.1, 0.15) is 50.2 Å². The van der Waals surface area contributed by atoms with E-state index in [1.54, 1.807) is 0 Å². The van der Waals surface area contributed by atoms with Crippen LogP contribution in [0.15, 0.2) is 65.8 Å². The molecule has 1 saturated carbocycles. The number of nitrogens with one attached hydrogen (secondary N) is 1. The second-order valence-corrected chi connectivity index (χ2v) is 7.55. The second kappa shape index (κ2) is 7.83. The molecule has 0 amide bonds. The molecule has 2 aromatic carbocycles. The predicted octanol–water partition coefficient (Wildman–Crippen LogP) is 4.49. The summed E-state index contributed by atoms with van der Waals surface area (Å²) in [6.07, 6.45) is 4.89. The van der Waals surface area contributed by atoms with Gasteiger partial charge in [-0.15, -0.1) is 0 Å². The Morgan fingerprint density at radius 1 is 0.852 bits per heavy atom. The molecule has 1 spiro atoms. The van der Waals surface area contributed by atoms with Gasteiger partial charge in [0.25, 0.3) is 0 Å². The van der Waals surface area contributed by atoms with Crippen LogP contribution < -0.4 is 5.43 Å². The zero-order chi connectivity index (χ0) is 18.6. The van der Waals surface area contributed by atoms with Crippen LogP contribution >= 0.6 is 0 Å². The number of nitrogens with zero attached hydrogens (tertiary/aromatic N) is 1. The van der Waals surface area contributed by atoms with E-state index in [1.807, 2.05) is 12.1 Å². The van der Waals surface area contributed by atoms with Gasteiger partial charge in [0.05, 0.1) is 24.5 Å². The Morgan fingerprint density at radius 2 is 1.37 bits per heavy atom. The van der Waals surface area contributed by atoms with Gasteiger partial charge in [-0.05, 0) is 19.3 Å². The van der Waals surface area contributed by atoms with E-state index in [9.17, 15) is 0 Å². The lowest BCUT2D eigenvalue weighted by Crippen LogP contribution is -2.50. The third kappa shape index (κ3) is 3.92. The van der Waals surface area contributed by atoms with E-state index in [1.165, 1.54) is 0 Å². The Hall–Kier alpha value is -2.17. The van der Waals surface area contributed by atoms with Gasteiger partial charge in [-0.25, -0.2) is 0 Å². The summed E-state index contributed by atoms with van der Waals surface area (Å²) in [5.74, 6) is -0.342. The maximum atomic E-state index is 5.90. The van der Waals surface area contributed by atoms with Gasteiger partial charge in [0.2, 0.25) is 0 Å². The van der Waals surface area contributed by atoms with Gasteiger partial charge < -0.3 is 14.9 Å². The molecule has 1 N–H and O–H groups in total. The first-order chi connectivity index (χ1) is 13.2. The highest BCUT2D eigenvalue weighted by Crippen LogP contribution is 2.41. The van der Waals surface area contributed by atoms with Crippen LogP contribution in [-0.4, -0.2) is 30.3 Å². The summed E-state index contributed by atoms with van der Waals surface area (Å²) >= 11 is 0. The molecule has 4 rings (SSSR count). The van der Waals surface area contributed by atoms with Gasteiger partial charge in [0.15, 0.2) is 5.79 Å². The van der Waals surface area contributed by atoms with Crippen LogP contribution in [0.4, 0.5) is 0 Å². The molecule has 1 heterocycles. The maximum absolute atomic E-state index is 5.90. The largest absolute Gasteiger partial charge is 0.348 e. The lowest BCUT2D eigenvalue weighted by molar-refractivity contribution is -0.186. The normalized spacial score (nSPS) is 20.3. The highest BCUT2D eigenvalue weighted by atomic mass is 16.7. The third-order valence-electron chi connectivity index (χ3n) is 5.96. The van der Waals surface area contributed by atoms with E-state index in [0.717, 1.165) is 62.2 Å². The SMILES string of the molecule is CCC1(NN=C(c2ccccc2)c2ccccc2)CCC2(CC1)OCCO2.